The predicted molar refractivity (Wildman–Crippen MR) is 136 cm³/mol. The van der Waals surface area contributed by atoms with Gasteiger partial charge in [0.1, 0.15) is 5.75 Å². The zero-order chi connectivity index (χ0) is 23.0. The lowest BCUT2D eigenvalue weighted by Crippen LogP contribution is -2.38. The molecule has 0 atom stereocenters. The Morgan fingerprint density at radius 2 is 1.73 bits per heavy atom. The summed E-state index contributed by atoms with van der Waals surface area (Å²) in [4.78, 5) is 15.5. The van der Waals surface area contributed by atoms with Crippen LogP contribution >= 0.6 is 0 Å². The first-order valence-corrected chi connectivity index (χ1v) is 11.6. The monoisotopic (exact) mass is 440 g/mol. The maximum absolute atomic E-state index is 13.1. The second kappa shape index (κ2) is 11.0. The van der Waals surface area contributed by atoms with E-state index in [9.17, 15) is 4.79 Å². The van der Waals surface area contributed by atoms with E-state index in [1.54, 1.807) is 7.11 Å². The van der Waals surface area contributed by atoms with E-state index in [4.69, 9.17) is 4.74 Å². The van der Waals surface area contributed by atoms with Gasteiger partial charge in [0, 0.05) is 23.7 Å². The first-order valence-electron chi connectivity index (χ1n) is 11.6. The Morgan fingerprint density at radius 1 is 1.00 bits per heavy atom. The van der Waals surface area contributed by atoms with E-state index in [1.807, 2.05) is 54.6 Å². The highest BCUT2D eigenvalue weighted by Crippen LogP contribution is 2.31. The van der Waals surface area contributed by atoms with Gasteiger partial charge in [-0.05, 0) is 62.2 Å². The molecule has 0 aliphatic carbocycles. The number of benzene rings is 3. The van der Waals surface area contributed by atoms with Crippen molar-refractivity contribution in [2.45, 2.75) is 19.8 Å². The summed E-state index contributed by atoms with van der Waals surface area (Å²) in [5.41, 5.74) is 5.46. The number of amides is 1. The number of nitrogens with one attached hydrogen (secondary N) is 1. The summed E-state index contributed by atoms with van der Waals surface area (Å²) in [6.45, 7) is 5.01. The van der Waals surface area contributed by atoms with Gasteiger partial charge < -0.3 is 10.1 Å². The molecule has 1 aliphatic heterocycles. The SMILES string of the molecule is COc1cccc(-c2ccccc2NC(=O)C2CCN(C/C(C)=C/c3ccccc3)CC2)c1. The number of likely N-dealkylation sites (tertiary alicyclic amines) is 1. The third kappa shape index (κ3) is 6.11. The summed E-state index contributed by atoms with van der Waals surface area (Å²) in [5.74, 6) is 0.956. The molecule has 1 heterocycles. The summed E-state index contributed by atoms with van der Waals surface area (Å²) in [6.07, 6.45) is 4.01. The molecular formula is C29H32N2O2. The second-order valence-electron chi connectivity index (χ2n) is 8.72. The van der Waals surface area contributed by atoms with Crippen LogP contribution in [0.5, 0.6) is 5.75 Å². The largest absolute Gasteiger partial charge is 0.497 e. The van der Waals surface area contributed by atoms with Gasteiger partial charge in [0.25, 0.3) is 0 Å². The van der Waals surface area contributed by atoms with Crippen molar-refractivity contribution in [3.05, 3.63) is 90.0 Å². The molecule has 1 amide bonds. The molecule has 0 bridgehead atoms. The van der Waals surface area contributed by atoms with Crippen LogP contribution in [0.15, 0.2) is 84.4 Å². The van der Waals surface area contributed by atoms with Gasteiger partial charge in [-0.1, -0.05) is 72.3 Å². The third-order valence-electron chi connectivity index (χ3n) is 6.21. The van der Waals surface area contributed by atoms with Crippen LogP contribution in [0, 0.1) is 5.92 Å². The maximum Gasteiger partial charge on any atom is 0.227 e. The average molecular weight is 441 g/mol. The molecule has 0 spiro atoms. The van der Waals surface area contributed by atoms with Crippen molar-refractivity contribution in [2.75, 3.05) is 32.1 Å². The molecule has 1 saturated heterocycles. The molecule has 4 nitrogen and oxygen atoms in total. The Morgan fingerprint density at radius 3 is 2.48 bits per heavy atom. The standard InChI is InChI=1S/C29H32N2O2/c1-22(19-23-9-4-3-5-10-23)21-31-17-15-24(16-18-31)29(32)30-28-14-7-6-13-27(28)25-11-8-12-26(20-25)33-2/h3-14,19-20,24H,15-18,21H2,1-2H3,(H,30,32)/b22-19+. The Labute approximate surface area is 196 Å². The topological polar surface area (TPSA) is 41.6 Å². The van der Waals surface area contributed by atoms with Gasteiger partial charge in [0.15, 0.2) is 0 Å². The lowest BCUT2D eigenvalue weighted by Gasteiger charge is -2.31. The number of nitrogens with zero attached hydrogens (tertiary/aromatic N) is 1. The lowest BCUT2D eigenvalue weighted by atomic mass is 9.95. The predicted octanol–water partition coefficient (Wildman–Crippen LogP) is 6.12. The minimum atomic E-state index is 0.0398. The van der Waals surface area contributed by atoms with E-state index in [2.05, 4.69) is 47.5 Å². The minimum absolute atomic E-state index is 0.0398. The fourth-order valence-corrected chi connectivity index (χ4v) is 4.45. The number of hydrogen-bond acceptors (Lipinski definition) is 3. The minimum Gasteiger partial charge on any atom is -0.497 e. The number of carbonyl (C=O) groups excluding carboxylic acids is 1. The second-order valence-corrected chi connectivity index (χ2v) is 8.72. The summed E-state index contributed by atoms with van der Waals surface area (Å²) in [6, 6.07) is 26.3. The first-order chi connectivity index (χ1) is 16.1. The number of ether oxygens (including phenoxy) is 1. The van der Waals surface area contributed by atoms with E-state index in [0.29, 0.717) is 0 Å². The van der Waals surface area contributed by atoms with E-state index >= 15 is 0 Å². The average Bonchev–Trinajstić information content (AvgIpc) is 2.85. The molecule has 0 saturated carbocycles. The van der Waals surface area contributed by atoms with E-state index in [-0.39, 0.29) is 11.8 Å². The Bertz CT molecular complexity index is 1100. The quantitative estimate of drug-likeness (QED) is 0.481. The number of anilines is 1. The van der Waals surface area contributed by atoms with Crippen molar-refractivity contribution in [1.82, 2.24) is 4.90 Å². The van der Waals surface area contributed by atoms with Gasteiger partial charge in [-0.15, -0.1) is 0 Å². The molecule has 1 fully saturated rings. The molecule has 1 aliphatic rings. The lowest BCUT2D eigenvalue weighted by molar-refractivity contribution is -0.121. The number of carbonyl (C=O) groups is 1. The van der Waals surface area contributed by atoms with E-state index < -0.39 is 0 Å². The van der Waals surface area contributed by atoms with Gasteiger partial charge >= 0.3 is 0 Å². The van der Waals surface area contributed by atoms with Gasteiger partial charge in [-0.2, -0.15) is 0 Å². The van der Waals surface area contributed by atoms with Gasteiger partial charge in [-0.25, -0.2) is 0 Å². The van der Waals surface area contributed by atoms with Crippen molar-refractivity contribution in [2.24, 2.45) is 5.92 Å². The number of para-hydroxylation sites is 1. The third-order valence-corrected chi connectivity index (χ3v) is 6.21. The fraction of sp³-hybridized carbons (Fsp3) is 0.276. The number of rotatable bonds is 7. The van der Waals surface area contributed by atoms with Crippen LogP contribution in [0.4, 0.5) is 5.69 Å². The molecule has 170 valence electrons. The highest BCUT2D eigenvalue weighted by Gasteiger charge is 2.25. The van der Waals surface area contributed by atoms with Crippen LogP contribution in [0.2, 0.25) is 0 Å². The van der Waals surface area contributed by atoms with Gasteiger partial charge in [0.05, 0.1) is 7.11 Å². The van der Waals surface area contributed by atoms with Crippen LogP contribution in [-0.4, -0.2) is 37.6 Å². The van der Waals surface area contributed by atoms with Crippen LogP contribution in [0.25, 0.3) is 17.2 Å². The fourth-order valence-electron chi connectivity index (χ4n) is 4.45. The molecule has 4 rings (SSSR count). The molecular weight excluding hydrogens is 408 g/mol. The normalized spacial score (nSPS) is 15.3. The summed E-state index contributed by atoms with van der Waals surface area (Å²) in [5, 5.41) is 3.19. The Kier molecular flexibility index (Phi) is 7.59. The van der Waals surface area contributed by atoms with E-state index in [1.165, 1.54) is 11.1 Å². The van der Waals surface area contributed by atoms with Gasteiger partial charge in [-0.3, -0.25) is 9.69 Å². The van der Waals surface area contributed by atoms with Gasteiger partial charge in [0.2, 0.25) is 5.91 Å². The Hall–Kier alpha value is -3.37. The van der Waals surface area contributed by atoms with Crippen molar-refractivity contribution in [3.63, 3.8) is 0 Å². The summed E-state index contributed by atoms with van der Waals surface area (Å²) < 4.78 is 5.37. The molecule has 4 heteroatoms. The molecule has 1 N–H and O–H groups in total. The van der Waals surface area contributed by atoms with Crippen LogP contribution in [0.1, 0.15) is 25.3 Å². The van der Waals surface area contributed by atoms with Crippen molar-refractivity contribution in [3.8, 4) is 16.9 Å². The van der Waals surface area contributed by atoms with Crippen LogP contribution in [-0.2, 0) is 4.79 Å². The molecule has 33 heavy (non-hydrogen) atoms. The smallest absolute Gasteiger partial charge is 0.227 e. The number of piperidine rings is 1. The maximum atomic E-state index is 13.1. The highest BCUT2D eigenvalue weighted by atomic mass is 16.5. The number of hydrogen-bond donors (Lipinski definition) is 1. The summed E-state index contributed by atoms with van der Waals surface area (Å²) >= 11 is 0. The molecule has 0 aromatic heterocycles. The first kappa shape index (κ1) is 22.8. The molecule has 0 unspecified atom stereocenters. The Balaban J connectivity index is 1.35. The molecule has 3 aromatic carbocycles. The number of methoxy groups -OCH3 is 1. The van der Waals surface area contributed by atoms with Crippen molar-refractivity contribution >= 4 is 17.7 Å². The zero-order valence-electron chi connectivity index (χ0n) is 19.5. The molecule has 0 radical (unpaired) electrons. The van der Waals surface area contributed by atoms with Crippen LogP contribution < -0.4 is 10.1 Å². The highest BCUT2D eigenvalue weighted by molar-refractivity contribution is 5.96. The van der Waals surface area contributed by atoms with Crippen molar-refractivity contribution < 1.29 is 9.53 Å². The van der Waals surface area contributed by atoms with Crippen molar-refractivity contribution in [1.29, 1.82) is 0 Å². The molecule has 3 aromatic rings. The summed E-state index contributed by atoms with van der Waals surface area (Å²) in [7, 11) is 1.66. The zero-order valence-corrected chi connectivity index (χ0v) is 19.5. The van der Waals surface area contributed by atoms with E-state index in [0.717, 1.165) is 55.0 Å². The van der Waals surface area contributed by atoms with Crippen LogP contribution in [0.3, 0.4) is 0 Å².